The van der Waals surface area contributed by atoms with Crippen molar-refractivity contribution in [2.24, 2.45) is 11.7 Å². The Balaban J connectivity index is 2.31. The molecule has 0 radical (unpaired) electrons. The number of hydrogen-bond donors (Lipinski definition) is 3. The summed E-state index contributed by atoms with van der Waals surface area (Å²) in [7, 11) is 0. The molecule has 1 unspecified atom stereocenters. The summed E-state index contributed by atoms with van der Waals surface area (Å²) in [5, 5.41) is 6.23. The molecule has 82 valence electrons. The van der Waals surface area contributed by atoms with Crippen molar-refractivity contribution in [3.63, 3.8) is 0 Å². The molecule has 0 aromatic carbocycles. The molecule has 1 aliphatic rings. The second-order valence-electron chi connectivity index (χ2n) is 4.32. The van der Waals surface area contributed by atoms with E-state index in [1.54, 1.807) is 0 Å². The van der Waals surface area contributed by atoms with Gasteiger partial charge in [-0.3, -0.25) is 4.79 Å². The lowest BCUT2D eigenvalue weighted by Gasteiger charge is -2.26. The van der Waals surface area contributed by atoms with Gasteiger partial charge in [0, 0.05) is 12.6 Å². The normalized spacial score (nSPS) is 24.7. The zero-order chi connectivity index (χ0) is 10.6. The summed E-state index contributed by atoms with van der Waals surface area (Å²) in [5.74, 6) is 0.181. The standard InChI is InChI=1S/C10H21N3O/c1-7(2)9(11)10(14)13-8-4-3-5-12-6-8/h7-9,12H,3-6,11H2,1-2H3,(H,13,14)/t8?,9-/m1/s1. The fraction of sp³-hybridized carbons (Fsp3) is 0.900. The van der Waals surface area contributed by atoms with Gasteiger partial charge in [0.2, 0.25) is 5.91 Å². The van der Waals surface area contributed by atoms with Crippen molar-refractivity contribution in [1.29, 1.82) is 0 Å². The summed E-state index contributed by atoms with van der Waals surface area (Å²) in [4.78, 5) is 11.6. The molecule has 2 atom stereocenters. The predicted octanol–water partition coefficient (Wildman–Crippen LogP) is -0.162. The van der Waals surface area contributed by atoms with Crippen LogP contribution < -0.4 is 16.4 Å². The van der Waals surface area contributed by atoms with E-state index in [1.165, 1.54) is 0 Å². The number of nitrogens with one attached hydrogen (secondary N) is 2. The summed E-state index contributed by atoms with van der Waals surface area (Å²) < 4.78 is 0. The molecule has 1 amide bonds. The maximum Gasteiger partial charge on any atom is 0.237 e. The number of nitrogens with two attached hydrogens (primary N) is 1. The molecule has 0 aromatic heterocycles. The topological polar surface area (TPSA) is 67.2 Å². The Kier molecular flexibility index (Phi) is 4.35. The highest BCUT2D eigenvalue weighted by Crippen LogP contribution is 2.03. The van der Waals surface area contributed by atoms with E-state index in [0.29, 0.717) is 0 Å². The second-order valence-corrected chi connectivity index (χ2v) is 4.32. The first kappa shape index (κ1) is 11.5. The number of rotatable bonds is 3. The van der Waals surface area contributed by atoms with Crippen molar-refractivity contribution in [3.05, 3.63) is 0 Å². The Morgan fingerprint density at radius 1 is 1.57 bits per heavy atom. The van der Waals surface area contributed by atoms with Gasteiger partial charge in [-0.05, 0) is 25.3 Å². The van der Waals surface area contributed by atoms with Crippen molar-refractivity contribution >= 4 is 5.91 Å². The highest BCUT2D eigenvalue weighted by molar-refractivity contribution is 5.82. The van der Waals surface area contributed by atoms with Crippen LogP contribution in [-0.4, -0.2) is 31.1 Å². The molecule has 1 rings (SSSR count). The molecule has 4 nitrogen and oxygen atoms in total. The molecule has 1 saturated heterocycles. The molecular formula is C10H21N3O. The zero-order valence-corrected chi connectivity index (χ0v) is 9.05. The van der Waals surface area contributed by atoms with Crippen molar-refractivity contribution in [2.75, 3.05) is 13.1 Å². The SMILES string of the molecule is CC(C)[C@@H](N)C(=O)NC1CCCNC1. The minimum Gasteiger partial charge on any atom is -0.351 e. The lowest BCUT2D eigenvalue weighted by Crippen LogP contribution is -2.52. The monoisotopic (exact) mass is 199 g/mol. The van der Waals surface area contributed by atoms with Crippen LogP contribution in [0.2, 0.25) is 0 Å². The Morgan fingerprint density at radius 2 is 2.29 bits per heavy atom. The third kappa shape index (κ3) is 3.27. The lowest BCUT2D eigenvalue weighted by molar-refractivity contribution is -0.124. The summed E-state index contributed by atoms with van der Waals surface area (Å²) in [6, 6.07) is -0.113. The smallest absolute Gasteiger partial charge is 0.237 e. The van der Waals surface area contributed by atoms with Gasteiger partial charge >= 0.3 is 0 Å². The van der Waals surface area contributed by atoms with Gasteiger partial charge in [-0.2, -0.15) is 0 Å². The van der Waals surface area contributed by atoms with Crippen molar-refractivity contribution in [2.45, 2.75) is 38.8 Å². The molecule has 0 aromatic rings. The molecule has 1 aliphatic heterocycles. The van der Waals surface area contributed by atoms with E-state index in [2.05, 4.69) is 10.6 Å². The molecule has 0 bridgehead atoms. The van der Waals surface area contributed by atoms with Crippen LogP contribution in [0.5, 0.6) is 0 Å². The fourth-order valence-electron chi connectivity index (χ4n) is 1.58. The summed E-state index contributed by atoms with van der Waals surface area (Å²) in [5.41, 5.74) is 5.74. The van der Waals surface area contributed by atoms with Gasteiger partial charge in [-0.25, -0.2) is 0 Å². The Bertz CT molecular complexity index is 188. The van der Waals surface area contributed by atoms with Gasteiger partial charge in [0.05, 0.1) is 6.04 Å². The predicted molar refractivity (Wildman–Crippen MR) is 56.8 cm³/mol. The van der Waals surface area contributed by atoms with Crippen molar-refractivity contribution in [3.8, 4) is 0 Å². The summed E-state index contributed by atoms with van der Waals surface area (Å²) in [6.45, 7) is 5.85. The summed E-state index contributed by atoms with van der Waals surface area (Å²) >= 11 is 0. The third-order valence-corrected chi connectivity index (χ3v) is 2.66. The van der Waals surface area contributed by atoms with E-state index < -0.39 is 0 Å². The molecule has 1 heterocycles. The van der Waals surface area contributed by atoms with Crippen LogP contribution >= 0.6 is 0 Å². The molecule has 14 heavy (non-hydrogen) atoms. The van der Waals surface area contributed by atoms with Crippen LogP contribution in [0.1, 0.15) is 26.7 Å². The van der Waals surface area contributed by atoms with E-state index in [-0.39, 0.29) is 23.9 Å². The number of carbonyl (C=O) groups is 1. The maximum absolute atomic E-state index is 11.6. The first-order valence-corrected chi connectivity index (χ1v) is 5.38. The Labute approximate surface area is 85.6 Å². The van der Waals surface area contributed by atoms with Gasteiger partial charge in [-0.15, -0.1) is 0 Å². The van der Waals surface area contributed by atoms with Crippen LogP contribution in [0.4, 0.5) is 0 Å². The molecule has 4 N–H and O–H groups in total. The average molecular weight is 199 g/mol. The number of amides is 1. The van der Waals surface area contributed by atoms with Crippen LogP contribution in [-0.2, 0) is 4.79 Å². The molecule has 0 spiro atoms. The van der Waals surface area contributed by atoms with Crippen LogP contribution in [0.25, 0.3) is 0 Å². The summed E-state index contributed by atoms with van der Waals surface area (Å²) in [6.07, 6.45) is 2.19. The van der Waals surface area contributed by atoms with E-state index in [0.717, 1.165) is 25.9 Å². The van der Waals surface area contributed by atoms with E-state index in [9.17, 15) is 4.79 Å². The molecule has 4 heteroatoms. The molecule has 0 saturated carbocycles. The van der Waals surface area contributed by atoms with Gasteiger partial charge in [-0.1, -0.05) is 13.8 Å². The molecule has 0 aliphatic carbocycles. The molecule has 1 fully saturated rings. The van der Waals surface area contributed by atoms with E-state index >= 15 is 0 Å². The minimum atomic E-state index is -0.378. The van der Waals surface area contributed by atoms with Crippen molar-refractivity contribution < 1.29 is 4.79 Å². The first-order chi connectivity index (χ1) is 6.61. The van der Waals surface area contributed by atoms with Gasteiger partial charge in [0.1, 0.15) is 0 Å². The quantitative estimate of drug-likeness (QED) is 0.591. The maximum atomic E-state index is 11.6. The highest BCUT2D eigenvalue weighted by atomic mass is 16.2. The average Bonchev–Trinajstić information content (AvgIpc) is 2.18. The lowest BCUT2D eigenvalue weighted by atomic mass is 10.0. The largest absolute Gasteiger partial charge is 0.351 e. The van der Waals surface area contributed by atoms with Crippen LogP contribution in [0.3, 0.4) is 0 Å². The zero-order valence-electron chi connectivity index (χ0n) is 9.05. The number of hydrogen-bond acceptors (Lipinski definition) is 3. The minimum absolute atomic E-state index is 0.0197. The van der Waals surface area contributed by atoms with Crippen LogP contribution in [0, 0.1) is 5.92 Å². The van der Waals surface area contributed by atoms with E-state index in [4.69, 9.17) is 5.73 Å². The van der Waals surface area contributed by atoms with Crippen LogP contribution in [0.15, 0.2) is 0 Å². The Morgan fingerprint density at radius 3 is 2.79 bits per heavy atom. The first-order valence-electron chi connectivity index (χ1n) is 5.38. The van der Waals surface area contributed by atoms with Gasteiger partial charge < -0.3 is 16.4 Å². The van der Waals surface area contributed by atoms with Gasteiger partial charge in [0.25, 0.3) is 0 Å². The fourth-order valence-corrected chi connectivity index (χ4v) is 1.58. The van der Waals surface area contributed by atoms with E-state index in [1.807, 2.05) is 13.8 Å². The van der Waals surface area contributed by atoms with Crippen molar-refractivity contribution in [1.82, 2.24) is 10.6 Å². The number of carbonyl (C=O) groups excluding carboxylic acids is 1. The van der Waals surface area contributed by atoms with Gasteiger partial charge in [0.15, 0.2) is 0 Å². The second kappa shape index (κ2) is 5.32. The highest BCUT2D eigenvalue weighted by Gasteiger charge is 2.21. The Hall–Kier alpha value is -0.610. The number of piperidine rings is 1. The third-order valence-electron chi connectivity index (χ3n) is 2.66. The molecular weight excluding hydrogens is 178 g/mol.